The smallest absolute Gasteiger partial charge is 0.275 e. The number of carbonyl (C=O) groups excluding carboxylic acids is 1. The molecule has 0 aliphatic heterocycles. The van der Waals surface area contributed by atoms with Crippen molar-refractivity contribution in [3.63, 3.8) is 0 Å². The van der Waals surface area contributed by atoms with Gasteiger partial charge < -0.3 is 10.3 Å². The zero-order valence-electron chi connectivity index (χ0n) is 10.7. The van der Waals surface area contributed by atoms with E-state index >= 15 is 0 Å². The van der Waals surface area contributed by atoms with E-state index in [1.807, 2.05) is 44.3 Å². The van der Waals surface area contributed by atoms with Gasteiger partial charge in [0.25, 0.3) is 5.91 Å². The van der Waals surface area contributed by atoms with Crippen LogP contribution >= 0.6 is 11.3 Å². The molecule has 0 bridgehead atoms. The zero-order valence-corrected chi connectivity index (χ0v) is 11.5. The Kier molecular flexibility index (Phi) is 2.83. The van der Waals surface area contributed by atoms with Crippen LogP contribution in [0, 0.1) is 13.8 Å². The topological polar surface area (TPSA) is 57.8 Å². The molecule has 2 heterocycles. The van der Waals surface area contributed by atoms with Crippen molar-refractivity contribution in [3.05, 3.63) is 46.0 Å². The Morgan fingerprint density at radius 1 is 1.32 bits per heavy atom. The van der Waals surface area contributed by atoms with Crippen LogP contribution in [0.15, 0.2) is 30.5 Å². The summed E-state index contributed by atoms with van der Waals surface area (Å²) in [6.07, 6.45) is 1.88. The molecular weight excluding hydrogens is 258 g/mol. The molecule has 0 atom stereocenters. The fourth-order valence-corrected chi connectivity index (χ4v) is 2.88. The summed E-state index contributed by atoms with van der Waals surface area (Å²) in [6, 6.07) is 7.75. The molecule has 0 saturated carbocycles. The van der Waals surface area contributed by atoms with Gasteiger partial charge in [0.2, 0.25) is 0 Å². The van der Waals surface area contributed by atoms with Gasteiger partial charge >= 0.3 is 0 Å². The van der Waals surface area contributed by atoms with Crippen LogP contribution < -0.4 is 5.32 Å². The zero-order chi connectivity index (χ0) is 13.4. The monoisotopic (exact) mass is 271 g/mol. The molecule has 0 saturated heterocycles. The number of benzene rings is 1. The van der Waals surface area contributed by atoms with Gasteiger partial charge in [-0.1, -0.05) is 0 Å². The van der Waals surface area contributed by atoms with Crippen LogP contribution in [0.2, 0.25) is 0 Å². The van der Waals surface area contributed by atoms with Gasteiger partial charge in [-0.15, -0.1) is 11.3 Å². The average Bonchev–Trinajstić information content (AvgIpc) is 2.94. The number of H-pyrrole nitrogens is 1. The molecule has 0 spiro atoms. The number of anilines is 1. The van der Waals surface area contributed by atoms with Gasteiger partial charge in [-0.05, 0) is 38.1 Å². The molecule has 1 amide bonds. The number of hydrogen-bond donors (Lipinski definition) is 2. The molecule has 3 rings (SSSR count). The molecule has 3 aromatic rings. The van der Waals surface area contributed by atoms with Gasteiger partial charge in [0.15, 0.2) is 0 Å². The van der Waals surface area contributed by atoms with Gasteiger partial charge in [-0.3, -0.25) is 4.79 Å². The number of nitrogens with one attached hydrogen (secondary N) is 2. The van der Waals surface area contributed by atoms with E-state index in [2.05, 4.69) is 15.3 Å². The second kappa shape index (κ2) is 4.51. The molecule has 2 aromatic heterocycles. The summed E-state index contributed by atoms with van der Waals surface area (Å²) in [6.45, 7) is 3.81. The number of fused-ring (bicyclic) bond motifs is 1. The van der Waals surface area contributed by atoms with E-state index in [1.165, 1.54) is 11.3 Å². The minimum Gasteiger partial charge on any atom is -0.361 e. The third-order valence-electron chi connectivity index (χ3n) is 2.93. The van der Waals surface area contributed by atoms with E-state index in [1.54, 1.807) is 0 Å². The van der Waals surface area contributed by atoms with Crippen molar-refractivity contribution in [2.45, 2.75) is 13.8 Å². The third-order valence-corrected chi connectivity index (χ3v) is 3.82. The number of amides is 1. The van der Waals surface area contributed by atoms with E-state index in [9.17, 15) is 4.79 Å². The molecule has 1 aromatic carbocycles. The molecular formula is C14H13N3OS. The highest BCUT2D eigenvalue weighted by molar-refractivity contribution is 7.11. The number of carbonyl (C=O) groups is 1. The van der Waals surface area contributed by atoms with E-state index in [0.29, 0.717) is 5.69 Å². The maximum absolute atomic E-state index is 12.1. The fourth-order valence-electron chi connectivity index (χ4n) is 2.06. The summed E-state index contributed by atoms with van der Waals surface area (Å²) in [5.41, 5.74) is 2.34. The number of aryl methyl sites for hydroxylation is 2. The van der Waals surface area contributed by atoms with Gasteiger partial charge in [-0.25, -0.2) is 4.98 Å². The summed E-state index contributed by atoms with van der Waals surface area (Å²) in [4.78, 5) is 20.5. The van der Waals surface area contributed by atoms with Crippen LogP contribution in [0.3, 0.4) is 0 Å². The molecule has 5 heteroatoms. The maximum Gasteiger partial charge on any atom is 0.275 e. The van der Waals surface area contributed by atoms with Crippen LogP contribution in [0.1, 0.15) is 20.4 Å². The van der Waals surface area contributed by atoms with Crippen LogP contribution in [0.4, 0.5) is 5.69 Å². The highest BCUT2D eigenvalue weighted by Gasteiger charge is 2.14. The van der Waals surface area contributed by atoms with Crippen molar-refractivity contribution < 1.29 is 4.79 Å². The van der Waals surface area contributed by atoms with Crippen molar-refractivity contribution in [1.29, 1.82) is 0 Å². The lowest BCUT2D eigenvalue weighted by Crippen LogP contribution is -2.13. The first-order valence-corrected chi connectivity index (χ1v) is 6.77. The van der Waals surface area contributed by atoms with Gasteiger partial charge in [-0.2, -0.15) is 0 Å². The SMILES string of the molecule is Cc1nc(C(=O)Nc2ccc3[nH]ccc3c2)c(C)s1. The Bertz CT molecular complexity index is 757. The Hall–Kier alpha value is -2.14. The maximum atomic E-state index is 12.1. The van der Waals surface area contributed by atoms with Crippen molar-refractivity contribution in [2.75, 3.05) is 5.32 Å². The van der Waals surface area contributed by atoms with Crippen LogP contribution in [-0.4, -0.2) is 15.9 Å². The Morgan fingerprint density at radius 3 is 2.89 bits per heavy atom. The largest absolute Gasteiger partial charge is 0.361 e. The van der Waals surface area contributed by atoms with Gasteiger partial charge in [0.1, 0.15) is 5.69 Å². The minimum absolute atomic E-state index is 0.156. The van der Waals surface area contributed by atoms with Crippen LogP contribution in [0.5, 0.6) is 0 Å². The van der Waals surface area contributed by atoms with Crippen molar-refractivity contribution in [3.8, 4) is 0 Å². The minimum atomic E-state index is -0.156. The number of aromatic nitrogens is 2. The summed E-state index contributed by atoms with van der Waals surface area (Å²) < 4.78 is 0. The fraction of sp³-hybridized carbons (Fsp3) is 0.143. The average molecular weight is 271 g/mol. The van der Waals surface area contributed by atoms with Gasteiger partial charge in [0.05, 0.1) is 5.01 Å². The third kappa shape index (κ3) is 2.24. The molecule has 2 N–H and O–H groups in total. The quantitative estimate of drug-likeness (QED) is 0.749. The molecule has 0 aliphatic carbocycles. The highest BCUT2D eigenvalue weighted by Crippen LogP contribution is 2.20. The molecule has 4 nitrogen and oxygen atoms in total. The Morgan fingerprint density at radius 2 is 2.16 bits per heavy atom. The van der Waals surface area contributed by atoms with Crippen molar-refractivity contribution in [2.24, 2.45) is 0 Å². The summed E-state index contributed by atoms with van der Waals surface area (Å²) >= 11 is 1.54. The van der Waals surface area contributed by atoms with Crippen molar-refractivity contribution in [1.82, 2.24) is 9.97 Å². The lowest BCUT2D eigenvalue weighted by molar-refractivity contribution is 0.102. The Balaban J connectivity index is 1.88. The van der Waals surface area contributed by atoms with E-state index < -0.39 is 0 Å². The first kappa shape index (κ1) is 11.9. The number of thiazole rings is 1. The summed E-state index contributed by atoms with van der Waals surface area (Å²) in [5, 5.41) is 4.87. The molecule has 0 unspecified atom stereocenters. The lowest BCUT2D eigenvalue weighted by Gasteiger charge is -2.04. The molecule has 19 heavy (non-hydrogen) atoms. The molecule has 0 fully saturated rings. The lowest BCUT2D eigenvalue weighted by atomic mass is 10.2. The van der Waals surface area contributed by atoms with E-state index in [4.69, 9.17) is 0 Å². The molecule has 0 aliphatic rings. The normalized spacial score (nSPS) is 10.8. The first-order valence-electron chi connectivity index (χ1n) is 5.96. The Labute approximate surface area is 114 Å². The molecule has 0 radical (unpaired) electrons. The van der Waals surface area contributed by atoms with E-state index in [0.717, 1.165) is 26.5 Å². The summed E-state index contributed by atoms with van der Waals surface area (Å²) in [7, 11) is 0. The first-order chi connectivity index (χ1) is 9.13. The second-order valence-corrected chi connectivity index (χ2v) is 5.78. The van der Waals surface area contributed by atoms with E-state index in [-0.39, 0.29) is 5.91 Å². The van der Waals surface area contributed by atoms with Crippen molar-refractivity contribution >= 4 is 33.8 Å². The van der Waals surface area contributed by atoms with Crippen LogP contribution in [-0.2, 0) is 0 Å². The summed E-state index contributed by atoms with van der Waals surface area (Å²) in [5.74, 6) is -0.156. The number of aromatic amines is 1. The molecule has 96 valence electrons. The number of hydrogen-bond acceptors (Lipinski definition) is 3. The number of nitrogens with zero attached hydrogens (tertiary/aromatic N) is 1. The standard InChI is InChI=1S/C14H13N3OS/c1-8-13(16-9(2)19-8)14(18)17-11-3-4-12-10(7-11)5-6-15-12/h3-7,15H,1-2H3,(H,17,18). The second-order valence-electron chi connectivity index (χ2n) is 4.37. The number of rotatable bonds is 2. The predicted octanol–water partition coefficient (Wildman–Crippen LogP) is 3.49. The van der Waals surface area contributed by atoms with Crippen LogP contribution in [0.25, 0.3) is 10.9 Å². The predicted molar refractivity (Wildman–Crippen MR) is 77.8 cm³/mol. The van der Waals surface area contributed by atoms with Gasteiger partial charge in [0, 0.05) is 27.7 Å². The highest BCUT2D eigenvalue weighted by atomic mass is 32.1.